The van der Waals surface area contributed by atoms with Gasteiger partial charge >= 0.3 is 11.7 Å². The van der Waals surface area contributed by atoms with Gasteiger partial charge in [-0.2, -0.15) is 0 Å². The molecular formula is C24H23N3O6. The molecule has 0 aliphatic carbocycles. The highest BCUT2D eigenvalue weighted by Gasteiger charge is 2.32. The lowest BCUT2D eigenvalue weighted by atomic mass is 10.1. The first-order valence-electron chi connectivity index (χ1n) is 10.6. The van der Waals surface area contributed by atoms with Crippen molar-refractivity contribution in [2.24, 2.45) is 7.05 Å². The summed E-state index contributed by atoms with van der Waals surface area (Å²) in [5, 5.41) is 2.93. The first kappa shape index (κ1) is 22.1. The third kappa shape index (κ3) is 3.93. The summed E-state index contributed by atoms with van der Waals surface area (Å²) in [5.74, 6) is 0.255. The Labute approximate surface area is 188 Å². The second-order valence-electron chi connectivity index (χ2n) is 7.53. The van der Waals surface area contributed by atoms with Crippen LogP contribution in [0.1, 0.15) is 46.7 Å². The van der Waals surface area contributed by atoms with E-state index in [9.17, 15) is 19.2 Å². The normalized spacial score (nSPS) is 13.8. The zero-order valence-corrected chi connectivity index (χ0v) is 18.5. The summed E-state index contributed by atoms with van der Waals surface area (Å²) in [6, 6.07) is 10.2. The summed E-state index contributed by atoms with van der Waals surface area (Å²) >= 11 is 0. The average Bonchev–Trinajstić information content (AvgIpc) is 3.40. The monoisotopic (exact) mass is 449 g/mol. The van der Waals surface area contributed by atoms with E-state index in [0.717, 1.165) is 10.1 Å². The second kappa shape index (κ2) is 8.78. The van der Waals surface area contributed by atoms with Gasteiger partial charge in [0.2, 0.25) is 5.78 Å². The number of fused-ring (bicyclic) bond motifs is 1. The molecule has 0 atom stereocenters. The number of nitrogens with zero attached hydrogens (tertiary/aromatic N) is 2. The molecule has 0 spiro atoms. The Balaban J connectivity index is 1.64. The molecule has 9 nitrogen and oxygen atoms in total. The number of anilines is 1. The number of hydrogen-bond acceptors (Lipinski definition) is 7. The van der Waals surface area contributed by atoms with Crippen LogP contribution in [0.25, 0.3) is 17.4 Å². The Morgan fingerprint density at radius 3 is 2.48 bits per heavy atom. The summed E-state index contributed by atoms with van der Waals surface area (Å²) in [7, 11) is 1.36. The summed E-state index contributed by atoms with van der Waals surface area (Å²) in [4.78, 5) is 49.8. The van der Waals surface area contributed by atoms with Crippen LogP contribution in [0, 0.1) is 0 Å². The predicted molar refractivity (Wildman–Crippen MR) is 122 cm³/mol. The molecule has 3 aromatic rings. The van der Waals surface area contributed by atoms with Gasteiger partial charge < -0.3 is 14.5 Å². The number of carbonyl (C=O) groups excluding carboxylic acids is 2. The first-order valence-corrected chi connectivity index (χ1v) is 10.6. The molecule has 9 heteroatoms. The highest BCUT2D eigenvalue weighted by molar-refractivity contribution is 6.19. The number of aromatic nitrogens is 2. The number of carbonyl (C=O) groups is 2. The van der Waals surface area contributed by atoms with Crippen LogP contribution >= 0.6 is 0 Å². The van der Waals surface area contributed by atoms with Crippen LogP contribution in [-0.2, 0) is 18.3 Å². The molecule has 0 bridgehead atoms. The summed E-state index contributed by atoms with van der Waals surface area (Å²) in [6.45, 7) is 4.32. The lowest BCUT2D eigenvalue weighted by Crippen LogP contribution is -2.40. The summed E-state index contributed by atoms with van der Waals surface area (Å²) in [5.41, 5.74) is 0.160. The van der Waals surface area contributed by atoms with Crippen molar-refractivity contribution in [1.82, 2.24) is 9.13 Å². The van der Waals surface area contributed by atoms with E-state index in [2.05, 4.69) is 5.32 Å². The SMILES string of the molecule is CCCn1c2c(c(=O)n(C)c1=O)C(=O)/C(=C/c1ccc(-c3ccc(C(=O)OCC)cc3)o1)N2. The number of benzene rings is 1. The molecule has 0 radical (unpaired) electrons. The molecule has 1 aliphatic rings. The lowest BCUT2D eigenvalue weighted by molar-refractivity contribution is 0.0526. The number of ketones is 1. The molecule has 0 fully saturated rings. The lowest BCUT2D eigenvalue weighted by Gasteiger charge is -2.11. The highest BCUT2D eigenvalue weighted by atomic mass is 16.5. The molecular weight excluding hydrogens is 426 g/mol. The van der Waals surface area contributed by atoms with Gasteiger partial charge in [0.25, 0.3) is 5.56 Å². The van der Waals surface area contributed by atoms with Crippen molar-refractivity contribution in [2.75, 3.05) is 11.9 Å². The van der Waals surface area contributed by atoms with Crippen molar-refractivity contribution < 1.29 is 18.7 Å². The Bertz CT molecular complexity index is 1390. The maximum Gasteiger partial charge on any atom is 0.338 e. The minimum absolute atomic E-state index is 0.0573. The Kier molecular flexibility index (Phi) is 5.87. The number of esters is 1. The van der Waals surface area contributed by atoms with Gasteiger partial charge in [0.1, 0.15) is 22.9 Å². The zero-order chi connectivity index (χ0) is 23.7. The predicted octanol–water partition coefficient (Wildman–Crippen LogP) is 3.04. The van der Waals surface area contributed by atoms with Crippen LogP contribution in [0.2, 0.25) is 0 Å². The van der Waals surface area contributed by atoms with Crippen LogP contribution in [0.15, 0.2) is 56.1 Å². The van der Waals surface area contributed by atoms with Gasteiger partial charge in [-0.05, 0) is 37.6 Å². The number of nitrogens with one attached hydrogen (secondary N) is 1. The standard InChI is InChI=1S/C24H23N3O6/c1-4-12-27-21-19(22(29)26(3)24(27)31)20(28)17(25-21)13-16-10-11-18(33-16)14-6-8-15(9-7-14)23(30)32-5-2/h6-11,13,25H,4-5,12H2,1-3H3/b17-13-. The second-order valence-corrected chi connectivity index (χ2v) is 7.53. The van der Waals surface area contributed by atoms with E-state index in [1.165, 1.54) is 17.7 Å². The highest BCUT2D eigenvalue weighted by Crippen LogP contribution is 2.28. The molecule has 1 aromatic carbocycles. The molecule has 1 N–H and O–H groups in total. The molecule has 2 aromatic heterocycles. The molecule has 170 valence electrons. The number of allylic oxidation sites excluding steroid dienone is 1. The van der Waals surface area contributed by atoms with E-state index >= 15 is 0 Å². The molecule has 0 unspecified atom stereocenters. The van der Waals surface area contributed by atoms with Crippen LogP contribution in [0.3, 0.4) is 0 Å². The number of rotatable bonds is 6. The molecule has 0 saturated heterocycles. The Morgan fingerprint density at radius 2 is 1.82 bits per heavy atom. The fourth-order valence-electron chi connectivity index (χ4n) is 3.67. The Hall–Kier alpha value is -4.14. The van der Waals surface area contributed by atoms with Gasteiger partial charge in [-0.1, -0.05) is 19.1 Å². The largest absolute Gasteiger partial charge is 0.462 e. The van der Waals surface area contributed by atoms with Crippen molar-refractivity contribution in [3.8, 4) is 11.3 Å². The van der Waals surface area contributed by atoms with Gasteiger partial charge in [0, 0.05) is 25.2 Å². The van der Waals surface area contributed by atoms with E-state index in [-0.39, 0.29) is 17.1 Å². The van der Waals surface area contributed by atoms with Crippen LogP contribution < -0.4 is 16.6 Å². The van der Waals surface area contributed by atoms with Crippen LogP contribution in [0.4, 0.5) is 5.82 Å². The zero-order valence-electron chi connectivity index (χ0n) is 18.5. The average molecular weight is 449 g/mol. The molecule has 33 heavy (non-hydrogen) atoms. The minimum atomic E-state index is -0.634. The molecule has 4 rings (SSSR count). The van der Waals surface area contributed by atoms with E-state index in [4.69, 9.17) is 9.15 Å². The number of furan rings is 1. The maximum absolute atomic E-state index is 12.9. The Morgan fingerprint density at radius 1 is 1.09 bits per heavy atom. The van der Waals surface area contributed by atoms with Crippen LogP contribution in [-0.4, -0.2) is 27.5 Å². The first-order chi connectivity index (χ1) is 15.8. The van der Waals surface area contributed by atoms with Crippen molar-refractivity contribution in [1.29, 1.82) is 0 Å². The van der Waals surface area contributed by atoms with Crippen molar-refractivity contribution in [3.63, 3.8) is 0 Å². The molecule has 0 saturated carbocycles. The number of ether oxygens (including phenoxy) is 1. The van der Waals surface area contributed by atoms with Gasteiger partial charge in [0.05, 0.1) is 17.9 Å². The quantitative estimate of drug-likeness (QED) is 0.455. The van der Waals surface area contributed by atoms with Crippen molar-refractivity contribution >= 4 is 23.6 Å². The van der Waals surface area contributed by atoms with Crippen molar-refractivity contribution in [3.05, 3.63) is 79.8 Å². The topological polar surface area (TPSA) is 113 Å². The van der Waals surface area contributed by atoms with Gasteiger partial charge in [-0.3, -0.25) is 18.7 Å². The molecule has 3 heterocycles. The number of hydrogen-bond donors (Lipinski definition) is 1. The molecule has 0 amide bonds. The summed E-state index contributed by atoms with van der Waals surface area (Å²) in [6.07, 6.45) is 2.16. The van der Waals surface area contributed by atoms with E-state index in [1.807, 2.05) is 6.92 Å². The van der Waals surface area contributed by atoms with E-state index in [0.29, 0.717) is 36.7 Å². The third-order valence-electron chi connectivity index (χ3n) is 5.31. The van der Waals surface area contributed by atoms with Gasteiger partial charge in [-0.15, -0.1) is 0 Å². The van der Waals surface area contributed by atoms with Crippen LogP contribution in [0.5, 0.6) is 0 Å². The smallest absolute Gasteiger partial charge is 0.338 e. The maximum atomic E-state index is 12.9. The van der Waals surface area contributed by atoms with Gasteiger partial charge in [0.15, 0.2) is 0 Å². The van der Waals surface area contributed by atoms with E-state index < -0.39 is 23.0 Å². The summed E-state index contributed by atoms with van der Waals surface area (Å²) < 4.78 is 13.2. The fraction of sp³-hybridized carbons (Fsp3) is 0.250. The van der Waals surface area contributed by atoms with E-state index in [1.54, 1.807) is 43.3 Å². The van der Waals surface area contributed by atoms with Crippen molar-refractivity contribution in [2.45, 2.75) is 26.8 Å². The van der Waals surface area contributed by atoms with Gasteiger partial charge in [-0.25, -0.2) is 9.59 Å². The third-order valence-corrected chi connectivity index (χ3v) is 5.31. The molecule has 1 aliphatic heterocycles. The fourth-order valence-corrected chi connectivity index (χ4v) is 3.67. The minimum Gasteiger partial charge on any atom is -0.462 e. The number of Topliss-reactive ketones (excluding diaryl/α,β-unsaturated/α-hetero) is 1.